The lowest BCUT2D eigenvalue weighted by molar-refractivity contribution is 0.0635. The highest BCUT2D eigenvalue weighted by Crippen LogP contribution is 2.38. The van der Waals surface area contributed by atoms with Gasteiger partial charge in [-0.25, -0.2) is 31.4 Å². The van der Waals surface area contributed by atoms with Crippen LogP contribution in [0.3, 0.4) is 0 Å². The Labute approximate surface area is 199 Å². The minimum absolute atomic E-state index is 0.242. The maximum atomic E-state index is 14.9. The molecule has 6 nitrogen and oxygen atoms in total. The molecule has 1 amide bonds. The van der Waals surface area contributed by atoms with Gasteiger partial charge in [0.25, 0.3) is 0 Å². The van der Waals surface area contributed by atoms with Crippen molar-refractivity contribution in [3.63, 3.8) is 0 Å². The van der Waals surface area contributed by atoms with Gasteiger partial charge in [0.15, 0.2) is 9.84 Å². The molecule has 3 aromatic rings. The predicted octanol–water partition coefficient (Wildman–Crippen LogP) is 6.06. The lowest BCUT2D eigenvalue weighted by Crippen LogP contribution is -2.27. The van der Waals surface area contributed by atoms with Crippen molar-refractivity contribution in [2.24, 2.45) is 0 Å². The van der Waals surface area contributed by atoms with Gasteiger partial charge < -0.3 is 4.74 Å². The van der Waals surface area contributed by atoms with Crippen LogP contribution in [0.5, 0.6) is 0 Å². The maximum Gasteiger partial charge on any atom is 0.413 e. The molecule has 0 radical (unpaired) electrons. The number of carbonyl (C=O) groups is 1. The molecule has 0 aliphatic rings. The van der Waals surface area contributed by atoms with Gasteiger partial charge in [0.2, 0.25) is 0 Å². The number of nitrogens with one attached hydrogen (secondary N) is 1. The Hall–Kier alpha value is -3.11. The fourth-order valence-electron chi connectivity index (χ4n) is 3.11. The number of amides is 1. The third-order valence-electron chi connectivity index (χ3n) is 4.49. The summed E-state index contributed by atoms with van der Waals surface area (Å²) < 4.78 is 75.9. The van der Waals surface area contributed by atoms with Crippen LogP contribution in [0.25, 0.3) is 0 Å². The van der Waals surface area contributed by atoms with E-state index in [9.17, 15) is 26.4 Å². The molecular weight excluding hydrogens is 493 g/mol. The number of aromatic nitrogens is 1. The number of carbonyl (C=O) groups excluding carboxylic acids is 1. The van der Waals surface area contributed by atoms with E-state index in [-0.39, 0.29) is 15.7 Å². The number of anilines is 1. The quantitative estimate of drug-likeness (QED) is 0.449. The first-order chi connectivity index (χ1) is 15.8. The van der Waals surface area contributed by atoms with Gasteiger partial charge in [0, 0.05) is 16.1 Å². The van der Waals surface area contributed by atoms with Gasteiger partial charge in [-0.15, -0.1) is 0 Å². The standard InChI is InChI=1S/C23H20ClF3N2O4S/c1-23(2,3)33-22(30)29-20-11-17(19(27)12-28-20)21(16-10-14(25)6-9-18(16)26)34(31,32)15-7-4-13(24)5-8-15/h4-12,21H,1-3H3,(H,28,29,30). The highest BCUT2D eigenvalue weighted by molar-refractivity contribution is 7.92. The Balaban J connectivity index is 2.18. The van der Waals surface area contributed by atoms with Crippen LogP contribution in [0.1, 0.15) is 37.1 Å². The van der Waals surface area contributed by atoms with Gasteiger partial charge in [-0.2, -0.15) is 0 Å². The Morgan fingerprint density at radius 2 is 1.62 bits per heavy atom. The van der Waals surface area contributed by atoms with E-state index < -0.39 is 55.4 Å². The van der Waals surface area contributed by atoms with E-state index in [4.69, 9.17) is 16.3 Å². The SMILES string of the molecule is CC(C)(C)OC(=O)Nc1cc(C(c2cc(F)ccc2F)S(=O)(=O)c2ccc(Cl)cc2)c(F)cn1. The van der Waals surface area contributed by atoms with Crippen molar-refractivity contribution >= 4 is 33.3 Å². The minimum Gasteiger partial charge on any atom is -0.444 e. The van der Waals surface area contributed by atoms with E-state index >= 15 is 0 Å². The number of benzene rings is 2. The topological polar surface area (TPSA) is 85.4 Å². The molecular formula is C23H20ClF3N2O4S. The number of ether oxygens (including phenoxy) is 1. The van der Waals surface area contributed by atoms with E-state index in [0.29, 0.717) is 12.3 Å². The van der Waals surface area contributed by atoms with E-state index in [1.807, 2.05) is 0 Å². The van der Waals surface area contributed by atoms with Crippen molar-refractivity contribution < 1.29 is 31.1 Å². The lowest BCUT2D eigenvalue weighted by Gasteiger charge is -2.22. The van der Waals surface area contributed by atoms with Crippen LogP contribution in [0, 0.1) is 17.5 Å². The van der Waals surface area contributed by atoms with Crippen molar-refractivity contribution in [3.05, 3.63) is 88.3 Å². The van der Waals surface area contributed by atoms with E-state index in [1.165, 1.54) is 24.3 Å². The molecule has 1 aromatic heterocycles. The van der Waals surface area contributed by atoms with Gasteiger partial charge in [-0.05, 0) is 69.3 Å². The van der Waals surface area contributed by atoms with Crippen LogP contribution < -0.4 is 5.32 Å². The van der Waals surface area contributed by atoms with Crippen LogP contribution in [-0.4, -0.2) is 25.1 Å². The average Bonchev–Trinajstić information content (AvgIpc) is 2.72. The molecule has 0 aliphatic carbocycles. The number of sulfone groups is 1. The van der Waals surface area contributed by atoms with Crippen molar-refractivity contribution in [3.8, 4) is 0 Å². The first-order valence-corrected chi connectivity index (χ1v) is 11.8. The summed E-state index contributed by atoms with van der Waals surface area (Å²) in [5.41, 5.74) is -2.03. The summed E-state index contributed by atoms with van der Waals surface area (Å²) in [6, 6.07) is 8.09. The molecule has 3 rings (SSSR count). The summed E-state index contributed by atoms with van der Waals surface area (Å²) in [6.07, 6.45) is -0.254. The molecule has 1 unspecified atom stereocenters. The summed E-state index contributed by atoms with van der Waals surface area (Å²) in [5.74, 6) is -3.35. The third-order valence-corrected chi connectivity index (χ3v) is 6.80. The molecule has 180 valence electrons. The fraction of sp³-hybridized carbons (Fsp3) is 0.217. The van der Waals surface area contributed by atoms with Crippen LogP contribution >= 0.6 is 11.6 Å². The second-order valence-electron chi connectivity index (χ2n) is 8.26. The van der Waals surface area contributed by atoms with Gasteiger partial charge in [0.05, 0.1) is 11.1 Å². The van der Waals surface area contributed by atoms with Crippen LogP contribution in [0.15, 0.2) is 59.6 Å². The third kappa shape index (κ3) is 5.87. The molecule has 0 saturated heterocycles. The highest BCUT2D eigenvalue weighted by Gasteiger charge is 2.36. The fourth-order valence-corrected chi connectivity index (χ4v) is 5.05. The smallest absolute Gasteiger partial charge is 0.413 e. The van der Waals surface area contributed by atoms with Gasteiger partial charge in [0.1, 0.15) is 34.1 Å². The zero-order valence-corrected chi connectivity index (χ0v) is 19.8. The second kappa shape index (κ2) is 9.63. The Morgan fingerprint density at radius 1 is 1.00 bits per heavy atom. The van der Waals surface area contributed by atoms with E-state index in [1.54, 1.807) is 20.8 Å². The summed E-state index contributed by atoms with van der Waals surface area (Å²) in [6.45, 7) is 4.87. The zero-order valence-electron chi connectivity index (χ0n) is 18.3. The van der Waals surface area contributed by atoms with Gasteiger partial charge in [-0.3, -0.25) is 5.32 Å². The molecule has 1 N–H and O–H groups in total. The van der Waals surface area contributed by atoms with E-state index in [2.05, 4.69) is 10.3 Å². The maximum absolute atomic E-state index is 14.9. The Morgan fingerprint density at radius 3 is 2.24 bits per heavy atom. The molecule has 0 saturated carbocycles. The Bertz CT molecular complexity index is 1330. The first-order valence-electron chi connectivity index (χ1n) is 9.88. The number of hydrogen-bond donors (Lipinski definition) is 1. The summed E-state index contributed by atoms with van der Waals surface area (Å²) >= 11 is 5.84. The van der Waals surface area contributed by atoms with Crippen LogP contribution in [-0.2, 0) is 14.6 Å². The molecule has 0 spiro atoms. The second-order valence-corrected chi connectivity index (χ2v) is 10.7. The summed E-state index contributed by atoms with van der Waals surface area (Å²) in [5, 5.41) is 0.512. The molecule has 11 heteroatoms. The summed E-state index contributed by atoms with van der Waals surface area (Å²) in [7, 11) is -4.54. The predicted molar refractivity (Wildman–Crippen MR) is 121 cm³/mol. The largest absolute Gasteiger partial charge is 0.444 e. The molecule has 0 aliphatic heterocycles. The van der Waals surface area contributed by atoms with Crippen LogP contribution in [0.2, 0.25) is 5.02 Å². The monoisotopic (exact) mass is 512 g/mol. The number of halogens is 4. The van der Waals surface area contributed by atoms with Gasteiger partial charge in [-0.1, -0.05) is 11.6 Å². The summed E-state index contributed by atoms with van der Waals surface area (Å²) in [4.78, 5) is 15.5. The van der Waals surface area contributed by atoms with Crippen LogP contribution in [0.4, 0.5) is 23.8 Å². The molecule has 34 heavy (non-hydrogen) atoms. The highest BCUT2D eigenvalue weighted by atomic mass is 35.5. The van der Waals surface area contributed by atoms with Crippen molar-refractivity contribution in [1.82, 2.24) is 4.98 Å². The van der Waals surface area contributed by atoms with Crippen molar-refractivity contribution in [1.29, 1.82) is 0 Å². The number of nitrogens with zero attached hydrogens (tertiary/aromatic N) is 1. The molecule has 1 heterocycles. The number of hydrogen-bond acceptors (Lipinski definition) is 5. The Kier molecular flexibility index (Phi) is 7.23. The molecule has 0 bridgehead atoms. The number of pyridine rings is 1. The minimum atomic E-state index is -4.54. The number of rotatable bonds is 5. The van der Waals surface area contributed by atoms with E-state index in [0.717, 1.165) is 18.2 Å². The van der Waals surface area contributed by atoms with Crippen molar-refractivity contribution in [2.75, 3.05) is 5.32 Å². The zero-order chi connectivity index (χ0) is 25.3. The normalized spacial score (nSPS) is 12.8. The van der Waals surface area contributed by atoms with Gasteiger partial charge >= 0.3 is 6.09 Å². The molecule has 2 aromatic carbocycles. The lowest BCUT2D eigenvalue weighted by atomic mass is 10.0. The molecule has 0 fully saturated rings. The average molecular weight is 513 g/mol. The van der Waals surface area contributed by atoms with Crippen molar-refractivity contribution in [2.45, 2.75) is 36.5 Å². The molecule has 1 atom stereocenters. The first kappa shape index (κ1) is 25.5.